The molecule has 2 aromatic rings. The summed E-state index contributed by atoms with van der Waals surface area (Å²) in [4.78, 5) is 21.5. The summed E-state index contributed by atoms with van der Waals surface area (Å²) in [6, 6.07) is 7.32. The quantitative estimate of drug-likeness (QED) is 0.890. The Bertz CT molecular complexity index is 689. The average molecular weight is 287 g/mol. The molecule has 2 atom stereocenters. The molecule has 1 aliphatic rings. The number of hydrogen-bond donors (Lipinski definition) is 2. The molecule has 0 saturated carbocycles. The molecular weight excluding hydrogens is 270 g/mol. The zero-order valence-electron chi connectivity index (χ0n) is 11.7. The number of nitrogens with zero attached hydrogens (tertiary/aromatic N) is 3. The molecule has 2 heterocycles. The molecule has 0 amide bonds. The minimum absolute atomic E-state index is 0.0297. The number of anilines is 1. The molecule has 2 unspecified atom stereocenters. The minimum Gasteiger partial charge on any atom is -0.475 e. The van der Waals surface area contributed by atoms with Crippen molar-refractivity contribution in [3.63, 3.8) is 0 Å². The number of para-hydroxylation sites is 1. The molecule has 1 aromatic heterocycles. The predicted octanol–water partition coefficient (Wildman–Crippen LogP) is 1.54. The van der Waals surface area contributed by atoms with Crippen molar-refractivity contribution in [2.45, 2.75) is 19.4 Å². The minimum atomic E-state index is -1.14. The molecule has 2 N–H and O–H groups in total. The van der Waals surface area contributed by atoms with Gasteiger partial charge in [-0.3, -0.25) is 0 Å². The maximum atomic E-state index is 11.2. The second-order valence-electron chi connectivity index (χ2n) is 5.40. The highest BCUT2D eigenvalue weighted by Gasteiger charge is 2.33. The first-order valence-corrected chi connectivity index (χ1v) is 6.99. The van der Waals surface area contributed by atoms with Crippen LogP contribution >= 0.6 is 0 Å². The number of benzene rings is 1. The predicted molar refractivity (Wildman–Crippen MR) is 78.5 cm³/mol. The average Bonchev–Trinajstić information content (AvgIpc) is 2.86. The zero-order valence-corrected chi connectivity index (χ0v) is 11.7. The first-order valence-electron chi connectivity index (χ1n) is 6.99. The summed E-state index contributed by atoms with van der Waals surface area (Å²) < 4.78 is 0. The summed E-state index contributed by atoms with van der Waals surface area (Å²) in [5.41, 5.74) is 0.608. The summed E-state index contributed by atoms with van der Waals surface area (Å²) >= 11 is 0. The summed E-state index contributed by atoms with van der Waals surface area (Å²) in [7, 11) is 0. The number of hydrogen-bond acceptors (Lipinski definition) is 5. The van der Waals surface area contributed by atoms with Gasteiger partial charge >= 0.3 is 5.97 Å². The molecule has 1 aromatic carbocycles. The molecule has 21 heavy (non-hydrogen) atoms. The molecule has 0 bridgehead atoms. The van der Waals surface area contributed by atoms with Crippen molar-refractivity contribution in [1.82, 2.24) is 9.97 Å². The van der Waals surface area contributed by atoms with Gasteiger partial charge in [-0.1, -0.05) is 19.1 Å². The van der Waals surface area contributed by atoms with E-state index in [0.29, 0.717) is 17.3 Å². The van der Waals surface area contributed by atoms with Gasteiger partial charge in [0.2, 0.25) is 5.82 Å². The van der Waals surface area contributed by atoms with Crippen LogP contribution in [0.1, 0.15) is 24.0 Å². The number of aliphatic hydroxyl groups is 1. The Hall–Kier alpha value is -2.21. The van der Waals surface area contributed by atoms with Gasteiger partial charge in [-0.15, -0.1) is 0 Å². The Kier molecular flexibility index (Phi) is 3.47. The monoisotopic (exact) mass is 287 g/mol. The Morgan fingerprint density at radius 1 is 1.38 bits per heavy atom. The summed E-state index contributed by atoms with van der Waals surface area (Å²) in [6.07, 6.45) is 0.950. The van der Waals surface area contributed by atoms with E-state index >= 15 is 0 Å². The van der Waals surface area contributed by atoms with E-state index in [1.54, 1.807) is 6.07 Å². The van der Waals surface area contributed by atoms with E-state index in [-0.39, 0.29) is 18.5 Å². The standard InChI is InChI=1S/C15H17N3O3/c1-9-6-7-18(12(9)8-19)14-10-4-2-3-5-11(10)16-13(17-14)15(20)21/h2-5,9,12,19H,6-8H2,1H3,(H,20,21). The summed E-state index contributed by atoms with van der Waals surface area (Å²) in [5.74, 6) is -0.409. The molecule has 1 fully saturated rings. The molecule has 0 radical (unpaired) electrons. The van der Waals surface area contributed by atoms with E-state index in [0.717, 1.165) is 18.4 Å². The van der Waals surface area contributed by atoms with Crippen LogP contribution in [0, 0.1) is 5.92 Å². The molecule has 110 valence electrons. The number of carboxylic acids is 1. The van der Waals surface area contributed by atoms with Gasteiger partial charge in [-0.05, 0) is 24.5 Å². The number of carboxylic acid groups (broad SMARTS) is 1. The van der Waals surface area contributed by atoms with Gasteiger partial charge in [0.1, 0.15) is 5.82 Å². The molecule has 6 nitrogen and oxygen atoms in total. The van der Waals surface area contributed by atoms with Crippen molar-refractivity contribution >= 4 is 22.7 Å². The second-order valence-corrected chi connectivity index (χ2v) is 5.40. The van der Waals surface area contributed by atoms with Crippen molar-refractivity contribution in [2.75, 3.05) is 18.1 Å². The van der Waals surface area contributed by atoms with Crippen LogP contribution in [-0.2, 0) is 0 Å². The fourth-order valence-electron chi connectivity index (χ4n) is 2.92. The van der Waals surface area contributed by atoms with Gasteiger partial charge in [0, 0.05) is 11.9 Å². The lowest BCUT2D eigenvalue weighted by molar-refractivity contribution is 0.0684. The van der Waals surface area contributed by atoms with Crippen molar-refractivity contribution in [2.24, 2.45) is 5.92 Å². The molecule has 0 aliphatic carbocycles. The highest BCUT2D eigenvalue weighted by Crippen LogP contribution is 2.32. The van der Waals surface area contributed by atoms with Gasteiger partial charge in [-0.25, -0.2) is 14.8 Å². The molecular formula is C15H17N3O3. The normalized spacial score (nSPS) is 21.9. The SMILES string of the molecule is CC1CCN(c2nc(C(=O)O)nc3ccccc23)C1CO. The van der Waals surface area contributed by atoms with Crippen molar-refractivity contribution in [1.29, 1.82) is 0 Å². The van der Waals surface area contributed by atoms with Crippen LogP contribution in [0.2, 0.25) is 0 Å². The van der Waals surface area contributed by atoms with Crippen LogP contribution in [0.3, 0.4) is 0 Å². The molecule has 6 heteroatoms. The third kappa shape index (κ3) is 2.31. The third-order valence-corrected chi connectivity index (χ3v) is 4.12. The fourth-order valence-corrected chi connectivity index (χ4v) is 2.92. The lowest BCUT2D eigenvalue weighted by Crippen LogP contribution is -2.36. The van der Waals surface area contributed by atoms with Crippen LogP contribution in [0.25, 0.3) is 10.9 Å². The summed E-state index contributed by atoms with van der Waals surface area (Å²) in [5, 5.41) is 19.6. The lowest BCUT2D eigenvalue weighted by atomic mass is 10.0. The maximum Gasteiger partial charge on any atom is 0.374 e. The second kappa shape index (κ2) is 5.29. The molecule has 1 aliphatic heterocycles. The highest BCUT2D eigenvalue weighted by molar-refractivity contribution is 5.94. The van der Waals surface area contributed by atoms with E-state index in [2.05, 4.69) is 16.9 Å². The lowest BCUT2D eigenvalue weighted by Gasteiger charge is -2.27. The molecule has 0 spiro atoms. The molecule has 1 saturated heterocycles. The topological polar surface area (TPSA) is 86.6 Å². The van der Waals surface area contributed by atoms with Crippen LogP contribution in [-0.4, -0.2) is 45.3 Å². The fraction of sp³-hybridized carbons (Fsp3) is 0.400. The number of fused-ring (bicyclic) bond motifs is 1. The third-order valence-electron chi connectivity index (χ3n) is 4.12. The first-order chi connectivity index (χ1) is 10.1. The van der Waals surface area contributed by atoms with E-state index in [1.807, 2.05) is 23.1 Å². The smallest absolute Gasteiger partial charge is 0.374 e. The number of aromatic carboxylic acids is 1. The maximum absolute atomic E-state index is 11.2. The highest BCUT2D eigenvalue weighted by atomic mass is 16.4. The van der Waals surface area contributed by atoms with Crippen LogP contribution < -0.4 is 4.90 Å². The Balaban J connectivity index is 2.18. The van der Waals surface area contributed by atoms with Gasteiger partial charge in [-0.2, -0.15) is 0 Å². The number of carbonyl (C=O) groups is 1. The van der Waals surface area contributed by atoms with Gasteiger partial charge in [0.25, 0.3) is 0 Å². The Morgan fingerprint density at radius 3 is 2.86 bits per heavy atom. The number of aromatic nitrogens is 2. The number of rotatable bonds is 3. The van der Waals surface area contributed by atoms with E-state index in [4.69, 9.17) is 0 Å². The van der Waals surface area contributed by atoms with Gasteiger partial charge in [0.15, 0.2) is 0 Å². The van der Waals surface area contributed by atoms with Gasteiger partial charge in [0.05, 0.1) is 18.2 Å². The van der Waals surface area contributed by atoms with Crippen molar-refractivity contribution < 1.29 is 15.0 Å². The first kappa shape index (κ1) is 13.8. The Labute approximate surface area is 122 Å². The largest absolute Gasteiger partial charge is 0.475 e. The van der Waals surface area contributed by atoms with E-state index in [9.17, 15) is 15.0 Å². The number of aliphatic hydroxyl groups excluding tert-OH is 1. The van der Waals surface area contributed by atoms with Crippen molar-refractivity contribution in [3.05, 3.63) is 30.1 Å². The van der Waals surface area contributed by atoms with Gasteiger partial charge < -0.3 is 15.1 Å². The Morgan fingerprint density at radius 2 is 2.14 bits per heavy atom. The van der Waals surface area contributed by atoms with Crippen molar-refractivity contribution in [3.8, 4) is 0 Å². The van der Waals surface area contributed by atoms with E-state index in [1.165, 1.54) is 0 Å². The van der Waals surface area contributed by atoms with Crippen LogP contribution in [0.5, 0.6) is 0 Å². The van der Waals surface area contributed by atoms with Crippen LogP contribution in [0.4, 0.5) is 5.82 Å². The zero-order chi connectivity index (χ0) is 15.0. The molecule has 3 rings (SSSR count). The summed E-state index contributed by atoms with van der Waals surface area (Å²) in [6.45, 7) is 2.87. The van der Waals surface area contributed by atoms with E-state index < -0.39 is 5.97 Å². The van der Waals surface area contributed by atoms with Crippen LogP contribution in [0.15, 0.2) is 24.3 Å².